The number of nitrogens with zero attached hydrogens (tertiary/aromatic N) is 3. The number of carbonyl (C=O) groups excluding carboxylic acids is 1. The predicted molar refractivity (Wildman–Crippen MR) is 119 cm³/mol. The number of amides is 1. The van der Waals surface area contributed by atoms with Crippen molar-refractivity contribution in [1.29, 1.82) is 0 Å². The zero-order valence-corrected chi connectivity index (χ0v) is 18.3. The van der Waals surface area contributed by atoms with Crippen LogP contribution in [0.4, 0.5) is 5.13 Å². The van der Waals surface area contributed by atoms with E-state index in [0.29, 0.717) is 36.2 Å². The fourth-order valence-corrected chi connectivity index (χ4v) is 4.00. The molecular weight excluding hydrogens is 410 g/mol. The summed E-state index contributed by atoms with van der Waals surface area (Å²) in [5.41, 5.74) is 2.60. The first-order valence-corrected chi connectivity index (χ1v) is 10.1. The summed E-state index contributed by atoms with van der Waals surface area (Å²) < 4.78 is 12.3. The van der Waals surface area contributed by atoms with Crippen molar-refractivity contribution in [3.05, 3.63) is 47.5 Å². The van der Waals surface area contributed by atoms with Crippen molar-refractivity contribution >= 4 is 45.0 Å². The molecule has 4 rings (SSSR count). The normalized spacial score (nSPS) is 12.7. The molecule has 0 radical (unpaired) electrons. The van der Waals surface area contributed by atoms with Crippen LogP contribution in [0, 0.1) is 6.92 Å². The Morgan fingerprint density at radius 1 is 1.07 bits per heavy atom. The van der Waals surface area contributed by atoms with Crippen LogP contribution in [0.15, 0.2) is 36.4 Å². The number of anilines is 1. The molecule has 29 heavy (non-hydrogen) atoms. The third-order valence-corrected chi connectivity index (χ3v) is 5.63. The van der Waals surface area contributed by atoms with E-state index in [1.807, 2.05) is 57.4 Å². The van der Waals surface area contributed by atoms with Gasteiger partial charge in [0, 0.05) is 30.8 Å². The average molecular weight is 434 g/mol. The van der Waals surface area contributed by atoms with Gasteiger partial charge in [-0.15, -0.1) is 12.4 Å². The van der Waals surface area contributed by atoms with Crippen LogP contribution in [0.5, 0.6) is 11.5 Å². The summed E-state index contributed by atoms with van der Waals surface area (Å²) in [6, 6.07) is 11.5. The highest BCUT2D eigenvalue weighted by Crippen LogP contribution is 2.39. The maximum atomic E-state index is 13.2. The average Bonchev–Trinajstić information content (AvgIpc) is 3.08. The molecule has 0 bridgehead atoms. The Labute approximate surface area is 180 Å². The molecule has 0 saturated heterocycles. The summed E-state index contributed by atoms with van der Waals surface area (Å²) in [5, 5.41) is 0.685. The summed E-state index contributed by atoms with van der Waals surface area (Å²) in [5.74, 6) is 1.40. The summed E-state index contributed by atoms with van der Waals surface area (Å²) >= 11 is 1.50. The first-order chi connectivity index (χ1) is 13.5. The minimum absolute atomic E-state index is 0. The lowest BCUT2D eigenvalue weighted by atomic mass is 10.1. The van der Waals surface area contributed by atoms with Gasteiger partial charge >= 0.3 is 0 Å². The maximum Gasteiger partial charge on any atom is 0.260 e. The minimum atomic E-state index is -0.0434. The molecule has 0 aliphatic carbocycles. The maximum absolute atomic E-state index is 13.2. The largest absolute Gasteiger partial charge is 0.486 e. The third-order valence-electron chi connectivity index (χ3n) is 4.59. The highest BCUT2D eigenvalue weighted by atomic mass is 35.5. The van der Waals surface area contributed by atoms with Crippen molar-refractivity contribution < 1.29 is 14.3 Å². The highest BCUT2D eigenvalue weighted by molar-refractivity contribution is 7.22. The molecule has 0 spiro atoms. The number of aromatic nitrogens is 1. The van der Waals surface area contributed by atoms with Crippen LogP contribution in [-0.2, 0) is 0 Å². The summed E-state index contributed by atoms with van der Waals surface area (Å²) in [7, 11) is 3.99. The van der Waals surface area contributed by atoms with Gasteiger partial charge in [-0.25, -0.2) is 4.98 Å². The third kappa shape index (κ3) is 4.63. The molecule has 0 atom stereocenters. The summed E-state index contributed by atoms with van der Waals surface area (Å²) in [6.07, 6.45) is 0. The zero-order chi connectivity index (χ0) is 19.7. The second kappa shape index (κ2) is 8.98. The standard InChI is InChI=1S/C21H23N3O3S.ClH/c1-14-4-6-15(7-5-14)20(25)24(9-8-23(2)3)21-22-16-12-17-18(13-19(16)28-21)27-11-10-26-17;/h4-7,12-13H,8-11H2,1-3H3;1H. The van der Waals surface area contributed by atoms with E-state index in [-0.39, 0.29) is 18.3 Å². The van der Waals surface area contributed by atoms with E-state index < -0.39 is 0 Å². The minimum Gasteiger partial charge on any atom is -0.486 e. The van der Waals surface area contributed by atoms with Crippen LogP contribution in [0.1, 0.15) is 15.9 Å². The Kier molecular flexibility index (Phi) is 6.62. The molecule has 3 aromatic rings. The fraction of sp³-hybridized carbons (Fsp3) is 0.333. The molecule has 1 aliphatic rings. The predicted octanol–water partition coefficient (Wildman–Crippen LogP) is 4.01. The lowest BCUT2D eigenvalue weighted by Crippen LogP contribution is -2.36. The number of ether oxygens (including phenoxy) is 2. The molecule has 0 saturated carbocycles. The van der Waals surface area contributed by atoms with Crippen LogP contribution in [0.25, 0.3) is 10.2 Å². The van der Waals surface area contributed by atoms with Gasteiger partial charge in [-0.1, -0.05) is 29.0 Å². The number of likely N-dealkylation sites (N-methyl/N-ethyl adjacent to an activating group) is 1. The Balaban J connectivity index is 0.00000240. The fourth-order valence-electron chi connectivity index (χ4n) is 3.00. The highest BCUT2D eigenvalue weighted by Gasteiger charge is 2.23. The van der Waals surface area contributed by atoms with E-state index in [2.05, 4.69) is 4.90 Å². The SMILES string of the molecule is Cc1ccc(C(=O)N(CCN(C)C)c2nc3cc4c(cc3s2)OCCO4)cc1.Cl. The van der Waals surface area contributed by atoms with Crippen molar-refractivity contribution in [3.8, 4) is 11.5 Å². The van der Waals surface area contributed by atoms with E-state index in [9.17, 15) is 4.79 Å². The molecule has 1 amide bonds. The van der Waals surface area contributed by atoms with Crippen molar-refractivity contribution in [2.45, 2.75) is 6.92 Å². The van der Waals surface area contributed by atoms with Crippen LogP contribution >= 0.6 is 23.7 Å². The lowest BCUT2D eigenvalue weighted by Gasteiger charge is -2.22. The number of fused-ring (bicyclic) bond motifs is 2. The van der Waals surface area contributed by atoms with Gasteiger partial charge in [-0.3, -0.25) is 9.69 Å². The van der Waals surface area contributed by atoms with E-state index in [1.165, 1.54) is 11.3 Å². The smallest absolute Gasteiger partial charge is 0.260 e. The number of hydrogen-bond donors (Lipinski definition) is 0. The van der Waals surface area contributed by atoms with Gasteiger partial charge < -0.3 is 14.4 Å². The monoisotopic (exact) mass is 433 g/mol. The first-order valence-electron chi connectivity index (χ1n) is 9.25. The molecular formula is C21H24ClN3O3S. The van der Waals surface area contributed by atoms with E-state index >= 15 is 0 Å². The summed E-state index contributed by atoms with van der Waals surface area (Å²) in [4.78, 5) is 21.8. The molecule has 2 heterocycles. The second-order valence-corrected chi connectivity index (χ2v) is 8.10. The number of hydrogen-bond acceptors (Lipinski definition) is 6. The van der Waals surface area contributed by atoms with E-state index in [0.717, 1.165) is 28.1 Å². The van der Waals surface area contributed by atoms with Crippen molar-refractivity contribution in [3.63, 3.8) is 0 Å². The molecule has 1 aromatic heterocycles. The quantitative estimate of drug-likeness (QED) is 0.608. The van der Waals surface area contributed by atoms with Crippen molar-refractivity contribution in [2.24, 2.45) is 0 Å². The van der Waals surface area contributed by atoms with Crippen LogP contribution in [0.2, 0.25) is 0 Å². The van der Waals surface area contributed by atoms with Crippen LogP contribution < -0.4 is 14.4 Å². The van der Waals surface area contributed by atoms with Crippen LogP contribution in [-0.4, -0.2) is 56.2 Å². The zero-order valence-electron chi connectivity index (χ0n) is 16.7. The number of carbonyl (C=O) groups is 1. The Morgan fingerprint density at radius 3 is 2.38 bits per heavy atom. The molecule has 0 unspecified atom stereocenters. The van der Waals surface area contributed by atoms with Gasteiger partial charge in [0.2, 0.25) is 0 Å². The van der Waals surface area contributed by atoms with Gasteiger partial charge in [0.1, 0.15) is 13.2 Å². The second-order valence-electron chi connectivity index (χ2n) is 7.09. The van der Waals surface area contributed by atoms with Gasteiger partial charge in [0.25, 0.3) is 5.91 Å². The van der Waals surface area contributed by atoms with Crippen LogP contribution in [0.3, 0.4) is 0 Å². The van der Waals surface area contributed by atoms with E-state index in [1.54, 1.807) is 4.90 Å². The number of rotatable bonds is 5. The van der Waals surface area contributed by atoms with Crippen molar-refractivity contribution in [2.75, 3.05) is 45.3 Å². The molecule has 154 valence electrons. The lowest BCUT2D eigenvalue weighted by molar-refractivity contribution is 0.0985. The Hall–Kier alpha value is -2.35. The molecule has 1 aliphatic heterocycles. The van der Waals surface area contributed by atoms with E-state index in [4.69, 9.17) is 14.5 Å². The molecule has 0 N–H and O–H groups in total. The van der Waals surface area contributed by atoms with Gasteiger partial charge in [-0.05, 0) is 33.2 Å². The van der Waals surface area contributed by atoms with Gasteiger partial charge in [-0.2, -0.15) is 0 Å². The number of benzene rings is 2. The first kappa shape index (κ1) is 21.4. The number of halogens is 1. The topological polar surface area (TPSA) is 54.9 Å². The Morgan fingerprint density at radius 2 is 1.72 bits per heavy atom. The van der Waals surface area contributed by atoms with Gasteiger partial charge in [0.05, 0.1) is 10.2 Å². The van der Waals surface area contributed by atoms with Gasteiger partial charge in [0.15, 0.2) is 16.6 Å². The number of thiazole rings is 1. The molecule has 0 fully saturated rings. The summed E-state index contributed by atoms with van der Waals surface area (Å²) in [6.45, 7) is 4.40. The number of aryl methyl sites for hydroxylation is 1. The molecule has 6 nitrogen and oxygen atoms in total. The molecule has 2 aromatic carbocycles. The molecule has 8 heteroatoms. The Bertz CT molecular complexity index is 961. The van der Waals surface area contributed by atoms with Crippen molar-refractivity contribution in [1.82, 2.24) is 9.88 Å².